The zero-order valence-electron chi connectivity index (χ0n) is 36.5. The van der Waals surface area contributed by atoms with Gasteiger partial charge in [-0.25, -0.2) is 4.79 Å². The molecule has 5 aromatic rings. The molecule has 0 unspecified atom stereocenters. The SMILES string of the molecule is COc1ccc(Cn2c(=O)ccn([C@@H]3O[C@H]([C@@H](O)[C@@H](Cl)C(=O)O[C@@H](c4ccccc4)[C@@H](C)N(Cc4ccccc4C)Cc4c(C)cc(C)cc4C)[C@H]4OC(C)(C)O[C@H]43)c2=O)cc1. The molecule has 7 rings (SSSR count). The third-order valence-corrected chi connectivity index (χ3v) is 12.5. The van der Waals surface area contributed by atoms with Crippen LogP contribution in [-0.4, -0.2) is 73.8 Å². The molecule has 2 aliphatic heterocycles. The number of rotatable bonds is 15. The molecule has 1 aromatic heterocycles. The molecule has 2 aliphatic rings. The highest BCUT2D eigenvalue weighted by Crippen LogP contribution is 2.44. The number of carbonyl (C=O) groups is 1. The number of alkyl halides is 1. The number of halogens is 1. The highest BCUT2D eigenvalue weighted by molar-refractivity contribution is 6.30. The fraction of sp³-hybridized carbons (Fsp3) is 0.408. The summed E-state index contributed by atoms with van der Waals surface area (Å²) >= 11 is 6.92. The van der Waals surface area contributed by atoms with E-state index in [0.29, 0.717) is 24.4 Å². The number of aromatic nitrogens is 2. The molecule has 3 heterocycles. The maximum Gasteiger partial charge on any atom is 0.333 e. The summed E-state index contributed by atoms with van der Waals surface area (Å²) in [6.45, 7) is 15.0. The average molecular weight is 866 g/mol. The van der Waals surface area contributed by atoms with Crippen molar-refractivity contribution in [3.8, 4) is 5.75 Å². The van der Waals surface area contributed by atoms with E-state index in [0.717, 1.165) is 21.3 Å². The molecule has 8 atom stereocenters. The third-order valence-electron chi connectivity index (χ3n) is 12.0. The Morgan fingerprint density at radius 2 is 1.52 bits per heavy atom. The van der Waals surface area contributed by atoms with Gasteiger partial charge in [0, 0.05) is 31.4 Å². The van der Waals surface area contributed by atoms with Crippen molar-refractivity contribution in [2.45, 2.75) is 122 Å². The van der Waals surface area contributed by atoms with Gasteiger partial charge in [-0.15, -0.1) is 11.6 Å². The molecule has 13 heteroatoms. The quantitative estimate of drug-likeness (QED) is 0.0863. The minimum atomic E-state index is -1.66. The second-order valence-electron chi connectivity index (χ2n) is 16.9. The standard InChI is InChI=1S/C49H56ClN3O9/c1-29-24-31(3)38(32(4)25-29)28-51(27-36-17-13-12-14-30(36)2)33(5)42(35-15-10-9-11-16-35)60-47(56)40(50)41(55)43-44-45(62-49(6,7)61-44)46(59-43)52-23-22-39(54)53(48(52)57)26-34-18-20-37(58-8)21-19-34/h9-25,33,40-46,55H,26-28H2,1-8H3/t33-,40-,41+,42-,43-,44-,45-,46-/m1/s1. The van der Waals surface area contributed by atoms with Crippen molar-refractivity contribution < 1.29 is 33.6 Å². The number of aryl methyl sites for hydroxylation is 4. The Morgan fingerprint density at radius 3 is 2.18 bits per heavy atom. The topological polar surface area (TPSA) is 131 Å². The number of carbonyl (C=O) groups excluding carboxylic acids is 1. The average Bonchev–Trinajstić information content (AvgIpc) is 3.75. The Bertz CT molecular complexity index is 2460. The number of fused-ring (bicyclic) bond motifs is 1. The lowest BCUT2D eigenvalue weighted by molar-refractivity contribution is -0.208. The number of nitrogens with zero attached hydrogens (tertiary/aromatic N) is 3. The number of ether oxygens (including phenoxy) is 5. The molecule has 328 valence electrons. The first-order valence-corrected chi connectivity index (χ1v) is 21.4. The minimum absolute atomic E-state index is 0.0125. The monoisotopic (exact) mass is 865 g/mol. The van der Waals surface area contributed by atoms with Crippen LogP contribution in [-0.2, 0) is 43.4 Å². The molecular formula is C49H56ClN3O9. The zero-order valence-corrected chi connectivity index (χ0v) is 37.2. The summed E-state index contributed by atoms with van der Waals surface area (Å²) in [5.74, 6) is -1.36. The van der Waals surface area contributed by atoms with E-state index in [2.05, 4.69) is 56.9 Å². The van der Waals surface area contributed by atoms with Gasteiger partial charge >= 0.3 is 11.7 Å². The van der Waals surface area contributed by atoms with Crippen molar-refractivity contribution in [1.82, 2.24) is 14.0 Å². The van der Waals surface area contributed by atoms with Crippen LogP contribution in [0.4, 0.5) is 0 Å². The summed E-state index contributed by atoms with van der Waals surface area (Å²) < 4.78 is 32.8. The van der Waals surface area contributed by atoms with E-state index in [9.17, 15) is 19.5 Å². The highest BCUT2D eigenvalue weighted by Gasteiger charge is 2.59. The second kappa shape index (κ2) is 18.7. The van der Waals surface area contributed by atoms with Gasteiger partial charge in [0.2, 0.25) is 0 Å². The van der Waals surface area contributed by atoms with Crippen LogP contribution in [0.15, 0.2) is 113 Å². The summed E-state index contributed by atoms with van der Waals surface area (Å²) in [4.78, 5) is 43.7. The zero-order chi connectivity index (χ0) is 44.5. The molecule has 12 nitrogen and oxygen atoms in total. The molecule has 4 aromatic carbocycles. The minimum Gasteiger partial charge on any atom is -0.497 e. The first-order valence-electron chi connectivity index (χ1n) is 20.9. The molecule has 2 fully saturated rings. The number of aliphatic hydroxyl groups is 1. The van der Waals surface area contributed by atoms with Crippen molar-refractivity contribution in [2.24, 2.45) is 0 Å². The first kappa shape index (κ1) is 45.0. The number of hydrogen-bond donors (Lipinski definition) is 1. The summed E-state index contributed by atoms with van der Waals surface area (Å²) in [5, 5.41) is 10.3. The molecule has 2 saturated heterocycles. The largest absolute Gasteiger partial charge is 0.497 e. The summed E-state index contributed by atoms with van der Waals surface area (Å²) in [6, 6.07) is 30.0. The Morgan fingerprint density at radius 1 is 0.871 bits per heavy atom. The molecule has 0 bridgehead atoms. The molecule has 0 saturated carbocycles. The summed E-state index contributed by atoms with van der Waals surface area (Å²) in [7, 11) is 1.55. The van der Waals surface area contributed by atoms with Crippen LogP contribution in [0.25, 0.3) is 0 Å². The molecule has 0 spiro atoms. The van der Waals surface area contributed by atoms with Crippen LogP contribution in [0, 0.1) is 27.7 Å². The maximum atomic E-state index is 14.3. The smallest absolute Gasteiger partial charge is 0.333 e. The van der Waals surface area contributed by atoms with E-state index in [-0.39, 0.29) is 12.6 Å². The van der Waals surface area contributed by atoms with E-state index in [1.165, 1.54) is 39.1 Å². The Labute approximate surface area is 367 Å². The molecular weight excluding hydrogens is 810 g/mol. The van der Waals surface area contributed by atoms with E-state index in [1.807, 2.05) is 49.4 Å². The van der Waals surface area contributed by atoms with Gasteiger partial charge in [0.1, 0.15) is 36.3 Å². The molecule has 0 aliphatic carbocycles. The van der Waals surface area contributed by atoms with E-state index < -0.39 is 65.1 Å². The molecule has 1 N–H and O–H groups in total. The molecule has 0 radical (unpaired) electrons. The summed E-state index contributed by atoms with van der Waals surface area (Å²) in [6.07, 6.45) is -5.34. The molecule has 62 heavy (non-hydrogen) atoms. The number of aliphatic hydroxyl groups excluding tert-OH is 1. The summed E-state index contributed by atoms with van der Waals surface area (Å²) in [5.41, 5.74) is 7.31. The van der Waals surface area contributed by atoms with Gasteiger partial charge in [0.25, 0.3) is 5.56 Å². The predicted molar refractivity (Wildman–Crippen MR) is 236 cm³/mol. The van der Waals surface area contributed by atoms with Gasteiger partial charge < -0.3 is 28.8 Å². The number of hydrogen-bond acceptors (Lipinski definition) is 10. The Balaban J connectivity index is 1.16. The van der Waals surface area contributed by atoms with Crippen LogP contribution >= 0.6 is 11.6 Å². The van der Waals surface area contributed by atoms with Crippen LogP contribution in [0.5, 0.6) is 5.75 Å². The van der Waals surface area contributed by atoms with Gasteiger partial charge in [0.15, 0.2) is 17.4 Å². The number of benzene rings is 4. The van der Waals surface area contributed by atoms with Gasteiger partial charge in [-0.3, -0.25) is 23.6 Å². The Hall–Kier alpha value is -5.08. The predicted octanol–water partition coefficient (Wildman–Crippen LogP) is 7.06. The fourth-order valence-corrected chi connectivity index (χ4v) is 8.87. The van der Waals surface area contributed by atoms with Crippen molar-refractivity contribution in [3.63, 3.8) is 0 Å². The second-order valence-corrected chi connectivity index (χ2v) is 17.4. The van der Waals surface area contributed by atoms with E-state index in [4.69, 9.17) is 35.3 Å². The van der Waals surface area contributed by atoms with Gasteiger partial charge in [-0.1, -0.05) is 84.4 Å². The van der Waals surface area contributed by atoms with Gasteiger partial charge in [0.05, 0.1) is 13.7 Å². The van der Waals surface area contributed by atoms with Crippen LogP contribution in [0.2, 0.25) is 0 Å². The van der Waals surface area contributed by atoms with Crippen molar-refractivity contribution in [2.75, 3.05) is 7.11 Å². The third kappa shape index (κ3) is 9.61. The lowest BCUT2D eigenvalue weighted by atomic mass is 9.96. The van der Waals surface area contributed by atoms with Crippen LogP contribution < -0.4 is 16.0 Å². The maximum absolute atomic E-state index is 14.3. The van der Waals surface area contributed by atoms with Crippen LogP contribution in [0.3, 0.4) is 0 Å². The van der Waals surface area contributed by atoms with Crippen molar-refractivity contribution in [1.29, 1.82) is 0 Å². The van der Waals surface area contributed by atoms with Gasteiger partial charge in [-0.05, 0) is 99.5 Å². The normalized spacial score (nSPS) is 21.3. The molecule has 0 amide bonds. The Kier molecular flexibility index (Phi) is 13.6. The lowest BCUT2D eigenvalue weighted by Crippen LogP contribution is -2.47. The van der Waals surface area contributed by atoms with Crippen molar-refractivity contribution >= 4 is 17.6 Å². The first-order chi connectivity index (χ1) is 29.5. The van der Waals surface area contributed by atoms with Gasteiger partial charge in [-0.2, -0.15) is 0 Å². The van der Waals surface area contributed by atoms with Crippen molar-refractivity contribution in [3.05, 3.63) is 169 Å². The van der Waals surface area contributed by atoms with Crippen LogP contribution in [0.1, 0.15) is 77.6 Å². The van der Waals surface area contributed by atoms with E-state index in [1.54, 1.807) is 45.2 Å². The fourth-order valence-electron chi connectivity index (χ4n) is 8.68. The van der Waals surface area contributed by atoms with E-state index >= 15 is 0 Å². The number of methoxy groups -OCH3 is 1. The number of esters is 1. The highest BCUT2D eigenvalue weighted by atomic mass is 35.5. The lowest BCUT2D eigenvalue weighted by Gasteiger charge is -2.36.